The van der Waals surface area contributed by atoms with Gasteiger partial charge in [-0.15, -0.1) is 0 Å². The number of H-pyrrole nitrogens is 1. The second-order valence-corrected chi connectivity index (χ2v) is 20.1. The summed E-state index contributed by atoms with van der Waals surface area (Å²) in [6, 6.07) is 1.48. The quantitative estimate of drug-likeness (QED) is 0.0738. The van der Waals surface area contributed by atoms with Crippen molar-refractivity contribution in [3.05, 3.63) is 59.5 Å². The summed E-state index contributed by atoms with van der Waals surface area (Å²) >= 11 is 0. The Bertz CT molecular complexity index is 1850. The number of rotatable bonds is 18. The zero-order valence-corrected chi connectivity index (χ0v) is 43.9. The Kier molecular flexibility index (Phi) is 26.7. The summed E-state index contributed by atoms with van der Waals surface area (Å²) in [7, 11) is 1.25. The van der Waals surface area contributed by atoms with E-state index in [1.165, 1.54) is 41.8 Å². The summed E-state index contributed by atoms with van der Waals surface area (Å²) in [4.78, 5) is 44.6. The fraction of sp³-hybridized carbons (Fsp3) is 0.685. The molecule has 12 heteroatoms. The Morgan fingerprint density at radius 1 is 1.00 bits per heavy atom. The van der Waals surface area contributed by atoms with Crippen LogP contribution in [0.3, 0.4) is 0 Å². The van der Waals surface area contributed by atoms with Gasteiger partial charge < -0.3 is 41.2 Å². The fourth-order valence-electron chi connectivity index (χ4n) is 9.15. The highest BCUT2D eigenvalue weighted by Gasteiger charge is 2.47. The van der Waals surface area contributed by atoms with E-state index in [0.717, 1.165) is 85.6 Å². The maximum absolute atomic E-state index is 13.0. The van der Waals surface area contributed by atoms with Crippen LogP contribution >= 0.6 is 10.9 Å². The van der Waals surface area contributed by atoms with Crippen molar-refractivity contribution in [3.63, 3.8) is 0 Å². The number of aromatic nitrogens is 1. The largest absolute Gasteiger partial charge is 0.382 e. The molecule has 374 valence electrons. The number of morpholine rings is 1. The molecule has 6 unspecified atom stereocenters. The average molecular weight is 936 g/mol. The molecule has 5 aliphatic rings. The van der Waals surface area contributed by atoms with Crippen molar-refractivity contribution in [2.75, 3.05) is 45.9 Å². The van der Waals surface area contributed by atoms with Gasteiger partial charge in [0, 0.05) is 49.7 Å². The van der Waals surface area contributed by atoms with Gasteiger partial charge in [-0.1, -0.05) is 133 Å². The van der Waals surface area contributed by atoms with E-state index >= 15 is 0 Å². The molecule has 0 aromatic carbocycles. The van der Waals surface area contributed by atoms with Crippen molar-refractivity contribution in [3.8, 4) is 0 Å². The number of fused-ring (bicyclic) bond motifs is 1. The third-order valence-electron chi connectivity index (χ3n) is 13.7. The third-order valence-corrected chi connectivity index (χ3v) is 13.7. The van der Waals surface area contributed by atoms with Crippen LogP contribution < -0.4 is 32.3 Å². The summed E-state index contributed by atoms with van der Waals surface area (Å²) in [6.45, 7) is 34.6. The van der Waals surface area contributed by atoms with Crippen LogP contribution in [-0.2, 0) is 14.3 Å². The molecule has 0 radical (unpaired) electrons. The van der Waals surface area contributed by atoms with E-state index in [4.69, 9.17) is 10.5 Å². The number of likely N-dealkylation sites (tertiary alicyclic amines) is 1. The van der Waals surface area contributed by atoms with Crippen LogP contribution in [-0.4, -0.2) is 102 Å². The van der Waals surface area contributed by atoms with Crippen LogP contribution in [0.2, 0.25) is 0 Å². The smallest absolute Gasteiger partial charge is 0.318 e. The molecule has 3 heterocycles. The summed E-state index contributed by atoms with van der Waals surface area (Å²) in [5, 5.41) is 12.1. The van der Waals surface area contributed by atoms with E-state index < -0.39 is 0 Å². The van der Waals surface area contributed by atoms with E-state index in [-0.39, 0.29) is 47.2 Å². The van der Waals surface area contributed by atoms with Crippen molar-refractivity contribution in [1.29, 1.82) is 0 Å². The molecule has 11 nitrogen and oxygen atoms in total. The summed E-state index contributed by atoms with van der Waals surface area (Å²) in [5.74, 6) is 9.59. The second kappa shape index (κ2) is 30.4. The lowest BCUT2D eigenvalue weighted by atomic mass is 9.61. The van der Waals surface area contributed by atoms with Gasteiger partial charge in [-0.3, -0.25) is 9.59 Å². The molecule has 0 bridgehead atoms. The van der Waals surface area contributed by atoms with Crippen LogP contribution in [0.15, 0.2) is 49.0 Å². The topological polar surface area (TPSA) is 145 Å². The molecule has 6 rings (SSSR count). The Morgan fingerprint density at radius 3 is 2.21 bits per heavy atom. The minimum absolute atomic E-state index is 0.0724. The molecule has 6 atom stereocenters. The zero-order valence-electron chi connectivity index (χ0n) is 43.1. The van der Waals surface area contributed by atoms with E-state index in [2.05, 4.69) is 130 Å². The van der Waals surface area contributed by atoms with Gasteiger partial charge in [0.2, 0.25) is 11.8 Å². The van der Waals surface area contributed by atoms with Crippen molar-refractivity contribution in [1.82, 2.24) is 30.7 Å². The van der Waals surface area contributed by atoms with E-state index in [0.29, 0.717) is 51.2 Å². The summed E-state index contributed by atoms with van der Waals surface area (Å²) in [6.07, 6.45) is 20.6. The van der Waals surface area contributed by atoms with Crippen LogP contribution in [0.4, 0.5) is 4.79 Å². The first-order chi connectivity index (χ1) is 31.5. The maximum Gasteiger partial charge on any atom is 0.318 e. The minimum Gasteiger partial charge on any atom is -0.382 e. The standard InChI is InChI=1S/C30H53N5O3.C16H20N2O.C4H10.C2H4S.C2H6/c1-7-8-9-11-21(2)27(33-29(37)34-14-16-38-17-15-34)23(4)32-19-22(3)35-20-25(18-26(35)28(31)36)30(5,6)24-12-10-13-24;1-2-11-9-14(11)16(19)18-10-13-6-4-3-5-12-7-8-17-15(12)13;1-4(2)3;1-3-2;1-2/h21,24-27,32H,3-4,7-20H2,1-2,5-6H3,(H2,31,36)(H,33,37);4-8,11,14,17H,2-3,9-10H2,1H3,(H,18,19);4H,1-3H3;1-2H2;1-2H3. The Balaban J connectivity index is 0.000000440. The highest BCUT2D eigenvalue weighted by molar-refractivity contribution is 7.93. The molecule has 6 N–H and O–H groups in total. The van der Waals surface area contributed by atoms with Gasteiger partial charge in [-0.25, -0.2) is 4.79 Å². The number of aromatic amines is 1. The van der Waals surface area contributed by atoms with Crippen LogP contribution in [0, 0.1) is 40.9 Å². The summed E-state index contributed by atoms with van der Waals surface area (Å²) < 4.78 is 5.41. The number of allylic oxidation sites excluding steroid dienone is 1. The Morgan fingerprint density at radius 2 is 1.65 bits per heavy atom. The zero-order chi connectivity index (χ0) is 49.4. The molecular weight excluding hydrogens is 843 g/mol. The fourth-order valence-corrected chi connectivity index (χ4v) is 9.15. The van der Waals surface area contributed by atoms with Crippen molar-refractivity contribution in [2.24, 2.45) is 46.7 Å². The summed E-state index contributed by atoms with van der Waals surface area (Å²) in [5.41, 5.74) is 8.83. The lowest BCUT2D eigenvalue weighted by Gasteiger charge is -2.44. The molecule has 2 saturated carbocycles. The molecule has 1 aromatic heterocycles. The minimum atomic E-state index is -0.327. The van der Waals surface area contributed by atoms with Gasteiger partial charge in [0.1, 0.15) is 6.04 Å². The van der Waals surface area contributed by atoms with Gasteiger partial charge >= 0.3 is 6.03 Å². The molecule has 4 amide bonds. The van der Waals surface area contributed by atoms with Crippen molar-refractivity contribution < 1.29 is 19.1 Å². The normalized spacial score (nSPS) is 21.6. The third kappa shape index (κ3) is 18.6. The highest BCUT2D eigenvalue weighted by atomic mass is 32.1. The number of carbonyl (C=O) groups is 3. The predicted molar refractivity (Wildman–Crippen MR) is 283 cm³/mol. The molecule has 2 saturated heterocycles. The first-order valence-electron chi connectivity index (χ1n) is 25.3. The molecule has 3 aliphatic carbocycles. The number of hydrogen-bond donors (Lipinski definition) is 5. The molecular formula is C54H93N7O4S. The number of hydrogen-bond acceptors (Lipinski definition) is 6. The van der Waals surface area contributed by atoms with Crippen LogP contribution in [0.1, 0.15) is 140 Å². The number of urea groups is 1. The van der Waals surface area contributed by atoms with Crippen LogP contribution in [0.5, 0.6) is 0 Å². The number of amides is 4. The number of ether oxygens (including phenoxy) is 1. The highest BCUT2D eigenvalue weighted by Crippen LogP contribution is 2.50. The number of carbonyl (C=O) groups excluding carboxylic acids is 3. The first kappa shape index (κ1) is 58.1. The molecule has 4 fully saturated rings. The monoisotopic (exact) mass is 936 g/mol. The number of nitrogens with two attached hydrogens (primary N) is 1. The Labute approximate surface area is 404 Å². The maximum atomic E-state index is 13.0. The average Bonchev–Trinajstić information content (AvgIpc) is 3.75. The van der Waals surface area contributed by atoms with Gasteiger partial charge in [-0.2, -0.15) is 10.9 Å². The molecule has 2 aliphatic heterocycles. The van der Waals surface area contributed by atoms with Gasteiger partial charge in [0.15, 0.2) is 0 Å². The van der Waals surface area contributed by atoms with Crippen molar-refractivity contribution in [2.45, 2.75) is 152 Å². The number of unbranched alkanes of at least 4 members (excludes halogenated alkanes) is 2. The Hall–Kier alpha value is -4.03. The number of primary amides is 1. The lowest BCUT2D eigenvalue weighted by Crippen LogP contribution is -2.52. The van der Waals surface area contributed by atoms with Gasteiger partial charge in [0.05, 0.1) is 31.1 Å². The van der Waals surface area contributed by atoms with E-state index in [1.807, 2.05) is 24.9 Å². The van der Waals surface area contributed by atoms with Crippen LogP contribution in [0.25, 0.3) is 11.6 Å². The lowest BCUT2D eigenvalue weighted by molar-refractivity contribution is -0.122. The predicted octanol–water partition coefficient (Wildman–Crippen LogP) is 8.57. The SMILES string of the molecule is C=C(NCC(=C)N1CC(C(C)(C)C2CCC2)CC1C(N)=O)C(NC(=O)N1CCOCC1)C(C)CCCCC.C=S=C.CC.CC(C)C.CCC1CC1C(=O)NCC1=c2[nH]ccc2=CCC=C1. The molecule has 66 heavy (non-hydrogen) atoms. The molecule has 1 aromatic rings. The molecule has 0 spiro atoms. The van der Waals surface area contributed by atoms with E-state index in [9.17, 15) is 14.4 Å². The second-order valence-electron chi connectivity index (χ2n) is 19.7. The van der Waals surface area contributed by atoms with Crippen molar-refractivity contribution >= 4 is 52.2 Å². The van der Waals surface area contributed by atoms with Gasteiger partial charge in [-0.05, 0) is 102 Å². The van der Waals surface area contributed by atoms with E-state index in [1.54, 1.807) is 0 Å². The van der Waals surface area contributed by atoms with Gasteiger partial charge in [0.25, 0.3) is 0 Å². The number of nitrogens with zero attached hydrogens (tertiary/aromatic N) is 2. The number of nitrogens with one attached hydrogen (secondary N) is 4. The first-order valence-corrected chi connectivity index (χ1v) is 26.4.